The number of fused-ring (bicyclic) bond motifs is 13. The number of aromatic nitrogens is 2. The Morgan fingerprint density at radius 1 is 1.05 bits per heavy atom. The average Bonchev–Trinajstić information content (AvgIpc) is 3.63. The van der Waals surface area contributed by atoms with Crippen LogP contribution in [-0.4, -0.2) is 58.4 Å². The fraction of sp³-hybridized carbons (Fsp3) is 0.355. The number of ether oxygens (including phenoxy) is 2. The number of rotatable bonds is 2. The number of hydrogen-bond acceptors (Lipinski definition) is 4. The van der Waals surface area contributed by atoms with Gasteiger partial charge >= 0.3 is 0 Å². The van der Waals surface area contributed by atoms with Crippen molar-refractivity contribution in [2.24, 2.45) is 0 Å². The quantitative estimate of drug-likeness (QED) is 0.284. The Morgan fingerprint density at radius 2 is 1.68 bits per heavy atom. The van der Waals surface area contributed by atoms with Crippen LogP contribution in [0.1, 0.15) is 48.6 Å². The maximum absolute atomic E-state index is 13.4. The summed E-state index contributed by atoms with van der Waals surface area (Å²) in [5.41, 5.74) is 6.13. The Kier molecular flexibility index (Phi) is 5.82. The highest BCUT2D eigenvalue weighted by atomic mass is 32.1. The largest absolute Gasteiger partial charge is 0.375 e. The number of para-hydroxylation sites is 2. The molecule has 3 aliphatic heterocycles. The van der Waals surface area contributed by atoms with Gasteiger partial charge < -0.3 is 34.1 Å². The van der Waals surface area contributed by atoms with Crippen molar-refractivity contribution in [3.8, 4) is 0 Å². The van der Waals surface area contributed by atoms with Crippen LogP contribution in [0, 0.1) is 0 Å². The Bertz CT molecular complexity index is 1860. The van der Waals surface area contributed by atoms with Crippen LogP contribution in [0.3, 0.4) is 0 Å². The van der Waals surface area contributed by atoms with E-state index in [1.165, 1.54) is 0 Å². The van der Waals surface area contributed by atoms with Gasteiger partial charge in [0.1, 0.15) is 12.3 Å². The zero-order chi connectivity index (χ0) is 27.9. The van der Waals surface area contributed by atoms with Crippen LogP contribution >= 0.6 is 12.2 Å². The van der Waals surface area contributed by atoms with E-state index in [1.807, 2.05) is 34.0 Å². The molecule has 2 bridgehead atoms. The summed E-state index contributed by atoms with van der Waals surface area (Å²) in [5.74, 6) is -0.0125. The van der Waals surface area contributed by atoms with Crippen LogP contribution in [0.15, 0.2) is 48.5 Å². The smallest absolute Gasteiger partial charge is 0.252 e. The Morgan fingerprint density at radius 3 is 2.35 bits per heavy atom. The second kappa shape index (κ2) is 9.19. The first-order valence-corrected chi connectivity index (χ1v) is 14.4. The van der Waals surface area contributed by atoms with Gasteiger partial charge in [0.25, 0.3) is 5.91 Å². The predicted molar refractivity (Wildman–Crippen MR) is 163 cm³/mol. The van der Waals surface area contributed by atoms with Crippen LogP contribution in [0.5, 0.6) is 0 Å². The van der Waals surface area contributed by atoms with Crippen molar-refractivity contribution >= 4 is 66.8 Å². The fourth-order valence-corrected chi connectivity index (χ4v) is 7.39. The molecule has 8 rings (SSSR count). The summed E-state index contributed by atoms with van der Waals surface area (Å²) in [6.07, 6.45) is -0.265. The summed E-state index contributed by atoms with van der Waals surface area (Å²) in [6.45, 7) is 4.51. The Balaban J connectivity index is 0.00000130. The standard InChI is InChI=1S/C29H27N5O3S.C2H6/c1-30-29(38)32(2)19-12-20-33-17-10-6-5-9-15(17)22-23-16(13-31-27(23)35)21-14-8-4-7-11-18(14)34(24(21)25(22)33)28(37-20)26(19)36-3;1-2/h4-11,19-20,26,28H,12-13H2,1-3H3,(H,30,38)(H,31,35);1-2H3. The van der Waals surface area contributed by atoms with E-state index in [1.54, 1.807) is 7.11 Å². The van der Waals surface area contributed by atoms with Gasteiger partial charge in [-0.05, 0) is 29.9 Å². The lowest BCUT2D eigenvalue weighted by atomic mass is 9.97. The van der Waals surface area contributed by atoms with Gasteiger partial charge in [-0.2, -0.15) is 0 Å². The van der Waals surface area contributed by atoms with E-state index in [0.717, 1.165) is 54.7 Å². The second-order valence-corrected chi connectivity index (χ2v) is 10.8. The lowest BCUT2D eigenvalue weighted by molar-refractivity contribution is -0.201. The van der Waals surface area contributed by atoms with Crippen LogP contribution in [-0.2, 0) is 16.0 Å². The van der Waals surface area contributed by atoms with Gasteiger partial charge in [0, 0.05) is 55.7 Å². The number of likely N-dealkylation sites (N-methyl/N-ethyl adjacent to an activating group) is 1. The average molecular weight is 556 g/mol. The van der Waals surface area contributed by atoms with Crippen molar-refractivity contribution in [2.75, 3.05) is 21.2 Å². The number of methoxy groups -OCH3 is 1. The molecule has 1 fully saturated rings. The summed E-state index contributed by atoms with van der Waals surface area (Å²) >= 11 is 5.67. The summed E-state index contributed by atoms with van der Waals surface area (Å²) in [7, 11) is 5.62. The van der Waals surface area contributed by atoms with Crippen molar-refractivity contribution in [1.29, 1.82) is 0 Å². The number of thiocarbonyl (C=S) groups is 1. The number of carbonyl (C=O) groups is 1. The van der Waals surface area contributed by atoms with E-state index in [2.05, 4.69) is 67.1 Å². The van der Waals surface area contributed by atoms with Crippen molar-refractivity contribution in [2.45, 2.75) is 51.4 Å². The lowest BCUT2D eigenvalue weighted by Gasteiger charge is -2.45. The number of nitrogens with one attached hydrogen (secondary N) is 2. The number of amides is 1. The van der Waals surface area contributed by atoms with Gasteiger partial charge in [-0.15, -0.1) is 0 Å². The van der Waals surface area contributed by atoms with Gasteiger partial charge in [-0.25, -0.2) is 0 Å². The van der Waals surface area contributed by atoms with E-state index in [4.69, 9.17) is 21.7 Å². The molecule has 0 spiro atoms. The third kappa shape index (κ3) is 3.08. The Labute approximate surface area is 237 Å². The van der Waals surface area contributed by atoms with Crippen LogP contribution < -0.4 is 10.6 Å². The Hall–Kier alpha value is -3.66. The molecule has 2 aromatic heterocycles. The topological polar surface area (TPSA) is 72.7 Å². The zero-order valence-electron chi connectivity index (χ0n) is 23.3. The lowest BCUT2D eigenvalue weighted by Crippen LogP contribution is -2.55. The first-order chi connectivity index (χ1) is 19.5. The molecule has 3 aliphatic rings. The first-order valence-electron chi connectivity index (χ1n) is 14.0. The molecule has 4 atom stereocenters. The molecular weight excluding hydrogens is 522 g/mol. The minimum Gasteiger partial charge on any atom is -0.375 e. The molecular formula is C31H33N5O3S. The SMILES string of the molecule is CC.CNC(=S)N(C)C1CC2OC(C1OC)n1c3ccccc3c3c4c(c5c6ccccc6n2c5c31)C(=O)NC4. The van der Waals surface area contributed by atoms with Crippen molar-refractivity contribution in [3.63, 3.8) is 0 Å². The monoisotopic (exact) mass is 555 g/mol. The zero-order valence-corrected chi connectivity index (χ0v) is 24.1. The van der Waals surface area contributed by atoms with Gasteiger partial charge in [-0.3, -0.25) is 4.79 Å². The third-order valence-corrected chi connectivity index (χ3v) is 9.29. The number of nitrogens with zero attached hydrogens (tertiary/aromatic N) is 3. The van der Waals surface area contributed by atoms with Gasteiger partial charge in [0.15, 0.2) is 11.3 Å². The number of benzene rings is 3. The maximum atomic E-state index is 13.4. The van der Waals surface area contributed by atoms with Crippen LogP contribution in [0.4, 0.5) is 0 Å². The molecule has 2 N–H and O–H groups in total. The minimum atomic E-state index is -0.391. The summed E-state index contributed by atoms with van der Waals surface area (Å²) in [5, 5.41) is 11.2. The first kappa shape index (κ1) is 25.3. The number of carbonyl (C=O) groups excluding carboxylic acids is 1. The van der Waals surface area contributed by atoms with E-state index in [-0.39, 0.29) is 24.3 Å². The summed E-state index contributed by atoms with van der Waals surface area (Å²) in [6, 6.07) is 16.7. The molecule has 3 aromatic carbocycles. The molecule has 1 saturated heterocycles. The molecule has 40 heavy (non-hydrogen) atoms. The van der Waals surface area contributed by atoms with E-state index in [9.17, 15) is 4.79 Å². The van der Waals surface area contributed by atoms with Crippen molar-refractivity contribution in [3.05, 3.63) is 59.7 Å². The number of hydrogen-bond donors (Lipinski definition) is 2. The fourth-order valence-electron chi connectivity index (χ4n) is 7.25. The van der Waals surface area contributed by atoms with E-state index >= 15 is 0 Å². The normalized spacial score (nSPS) is 22.8. The molecule has 8 nitrogen and oxygen atoms in total. The molecule has 9 heteroatoms. The predicted octanol–water partition coefficient (Wildman–Crippen LogP) is 5.42. The highest BCUT2D eigenvalue weighted by molar-refractivity contribution is 7.80. The van der Waals surface area contributed by atoms with E-state index in [0.29, 0.717) is 18.1 Å². The minimum absolute atomic E-state index is 0.0125. The molecule has 0 saturated carbocycles. The third-order valence-electron chi connectivity index (χ3n) is 8.80. The van der Waals surface area contributed by atoms with Crippen molar-refractivity contribution < 1.29 is 14.3 Å². The molecule has 4 unspecified atom stereocenters. The van der Waals surface area contributed by atoms with Gasteiger partial charge in [0.2, 0.25) is 0 Å². The maximum Gasteiger partial charge on any atom is 0.252 e. The van der Waals surface area contributed by atoms with Crippen LogP contribution in [0.2, 0.25) is 0 Å². The summed E-state index contributed by atoms with van der Waals surface area (Å²) in [4.78, 5) is 15.5. The molecule has 1 amide bonds. The van der Waals surface area contributed by atoms with Gasteiger partial charge in [0.05, 0.1) is 33.7 Å². The van der Waals surface area contributed by atoms with Crippen molar-refractivity contribution in [1.82, 2.24) is 24.7 Å². The molecule has 5 aromatic rings. The molecule has 0 radical (unpaired) electrons. The van der Waals surface area contributed by atoms with E-state index < -0.39 is 6.23 Å². The molecule has 5 heterocycles. The summed E-state index contributed by atoms with van der Waals surface area (Å²) < 4.78 is 17.9. The second-order valence-electron chi connectivity index (χ2n) is 10.4. The van der Waals surface area contributed by atoms with Crippen LogP contribution in [0.25, 0.3) is 43.6 Å². The molecule has 0 aliphatic carbocycles. The molecule has 206 valence electrons. The highest BCUT2D eigenvalue weighted by Gasteiger charge is 2.47. The highest BCUT2D eigenvalue weighted by Crippen LogP contribution is 2.52. The van der Waals surface area contributed by atoms with Gasteiger partial charge in [-0.1, -0.05) is 50.2 Å².